The Bertz CT molecular complexity index is 596. The van der Waals surface area contributed by atoms with E-state index in [0.717, 1.165) is 5.56 Å². The highest BCUT2D eigenvalue weighted by Crippen LogP contribution is 2.27. The van der Waals surface area contributed by atoms with Gasteiger partial charge in [0.2, 0.25) is 5.91 Å². The second-order valence-electron chi connectivity index (χ2n) is 6.01. The van der Waals surface area contributed by atoms with Gasteiger partial charge < -0.3 is 10.5 Å². The molecule has 0 unspecified atom stereocenters. The number of nitrogens with two attached hydrogens (primary N) is 1. The molecule has 0 radical (unpaired) electrons. The summed E-state index contributed by atoms with van der Waals surface area (Å²) in [5, 5.41) is 0. The monoisotopic (exact) mass is 316 g/mol. The van der Waals surface area contributed by atoms with E-state index in [1.807, 2.05) is 51.1 Å². The Morgan fingerprint density at radius 2 is 1.96 bits per heavy atom. The molecule has 1 aliphatic heterocycles. The van der Waals surface area contributed by atoms with E-state index in [1.165, 1.54) is 11.0 Å². The second kappa shape index (κ2) is 7.42. The minimum Gasteiger partial charge on any atom is -0.496 e. The fourth-order valence-electron chi connectivity index (χ4n) is 2.84. The molecule has 5 nitrogen and oxygen atoms in total. The number of amides is 2. The van der Waals surface area contributed by atoms with Crippen molar-refractivity contribution in [1.82, 2.24) is 4.90 Å². The van der Waals surface area contributed by atoms with Crippen LogP contribution in [-0.4, -0.2) is 35.4 Å². The SMILES string of the molecule is CCOC1=CC(=O)N(C(=O)[C@@H](N)Cc2ccccc2)[C@H]1C(C)C. The lowest BCUT2D eigenvalue weighted by atomic mass is 10.0. The fourth-order valence-corrected chi connectivity index (χ4v) is 2.84. The fraction of sp³-hybridized carbons (Fsp3) is 0.444. The number of carbonyl (C=O) groups excluding carboxylic acids is 2. The summed E-state index contributed by atoms with van der Waals surface area (Å²) in [5.41, 5.74) is 7.04. The molecule has 2 N–H and O–H groups in total. The summed E-state index contributed by atoms with van der Waals surface area (Å²) in [6.07, 6.45) is 1.81. The zero-order chi connectivity index (χ0) is 17.0. The molecule has 2 amide bonds. The van der Waals surface area contributed by atoms with Crippen LogP contribution in [0.4, 0.5) is 0 Å². The summed E-state index contributed by atoms with van der Waals surface area (Å²) >= 11 is 0. The first kappa shape index (κ1) is 17.2. The third-order valence-electron chi connectivity index (χ3n) is 3.87. The minimum atomic E-state index is -0.753. The average Bonchev–Trinajstić information content (AvgIpc) is 2.84. The number of rotatable bonds is 6. The summed E-state index contributed by atoms with van der Waals surface area (Å²) in [4.78, 5) is 26.2. The zero-order valence-corrected chi connectivity index (χ0v) is 13.9. The van der Waals surface area contributed by atoms with Crippen LogP contribution in [0.1, 0.15) is 26.3 Å². The Morgan fingerprint density at radius 1 is 1.30 bits per heavy atom. The van der Waals surface area contributed by atoms with Gasteiger partial charge in [-0.05, 0) is 24.8 Å². The number of imide groups is 1. The van der Waals surface area contributed by atoms with Crippen LogP contribution in [0.5, 0.6) is 0 Å². The molecule has 0 fully saturated rings. The van der Waals surface area contributed by atoms with Crippen molar-refractivity contribution in [2.75, 3.05) is 6.61 Å². The Kier molecular flexibility index (Phi) is 5.55. The highest BCUT2D eigenvalue weighted by molar-refractivity contribution is 6.05. The van der Waals surface area contributed by atoms with Gasteiger partial charge in [-0.3, -0.25) is 14.5 Å². The number of benzene rings is 1. The molecule has 0 saturated heterocycles. The van der Waals surface area contributed by atoms with E-state index < -0.39 is 6.04 Å². The van der Waals surface area contributed by atoms with E-state index in [2.05, 4.69) is 0 Å². The van der Waals surface area contributed by atoms with Crippen LogP contribution < -0.4 is 5.73 Å². The Morgan fingerprint density at radius 3 is 2.52 bits per heavy atom. The molecule has 1 heterocycles. The number of carbonyl (C=O) groups is 2. The van der Waals surface area contributed by atoms with Gasteiger partial charge in [-0.15, -0.1) is 0 Å². The van der Waals surface area contributed by atoms with Crippen LogP contribution in [-0.2, 0) is 20.7 Å². The third kappa shape index (κ3) is 3.79. The molecule has 0 saturated carbocycles. The molecule has 5 heteroatoms. The number of ether oxygens (including phenoxy) is 1. The van der Waals surface area contributed by atoms with Crippen LogP contribution in [0, 0.1) is 5.92 Å². The van der Waals surface area contributed by atoms with Gasteiger partial charge in [0.15, 0.2) is 0 Å². The highest BCUT2D eigenvalue weighted by Gasteiger charge is 2.41. The average molecular weight is 316 g/mol. The number of hydrogen-bond acceptors (Lipinski definition) is 4. The standard InChI is InChI=1S/C18H24N2O3/c1-4-23-15-11-16(21)20(17(15)12(2)3)18(22)14(19)10-13-8-6-5-7-9-13/h5-9,11-12,14,17H,4,10,19H2,1-3H3/t14-,17-/m0/s1. The van der Waals surface area contributed by atoms with Gasteiger partial charge in [0.25, 0.3) is 5.91 Å². The van der Waals surface area contributed by atoms with Crippen molar-refractivity contribution in [1.29, 1.82) is 0 Å². The van der Waals surface area contributed by atoms with Gasteiger partial charge in [-0.2, -0.15) is 0 Å². The minimum absolute atomic E-state index is 0.0622. The van der Waals surface area contributed by atoms with Gasteiger partial charge in [-0.1, -0.05) is 44.2 Å². The zero-order valence-electron chi connectivity index (χ0n) is 13.9. The van der Waals surface area contributed by atoms with Crippen LogP contribution in [0.2, 0.25) is 0 Å². The summed E-state index contributed by atoms with van der Waals surface area (Å²) in [6, 6.07) is 8.42. The molecular weight excluding hydrogens is 292 g/mol. The molecule has 0 bridgehead atoms. The lowest BCUT2D eigenvalue weighted by Crippen LogP contribution is -2.51. The van der Waals surface area contributed by atoms with Crippen molar-refractivity contribution >= 4 is 11.8 Å². The first-order valence-corrected chi connectivity index (χ1v) is 7.96. The van der Waals surface area contributed by atoms with E-state index in [4.69, 9.17) is 10.5 Å². The highest BCUT2D eigenvalue weighted by atomic mass is 16.5. The van der Waals surface area contributed by atoms with E-state index >= 15 is 0 Å². The molecular formula is C18H24N2O3. The van der Waals surface area contributed by atoms with Crippen LogP contribution in [0.25, 0.3) is 0 Å². The molecule has 124 valence electrons. The maximum atomic E-state index is 12.7. The van der Waals surface area contributed by atoms with Crippen molar-refractivity contribution in [2.24, 2.45) is 11.7 Å². The molecule has 0 aromatic heterocycles. The summed E-state index contributed by atoms with van der Waals surface area (Å²) < 4.78 is 5.53. The maximum Gasteiger partial charge on any atom is 0.257 e. The van der Waals surface area contributed by atoms with Gasteiger partial charge in [0.1, 0.15) is 5.76 Å². The Hall–Kier alpha value is -2.14. The smallest absolute Gasteiger partial charge is 0.257 e. The van der Waals surface area contributed by atoms with Crippen molar-refractivity contribution in [3.63, 3.8) is 0 Å². The summed E-state index contributed by atoms with van der Waals surface area (Å²) in [7, 11) is 0. The lowest BCUT2D eigenvalue weighted by molar-refractivity contribution is -0.145. The molecule has 1 aliphatic rings. The molecule has 0 aliphatic carbocycles. The second-order valence-corrected chi connectivity index (χ2v) is 6.01. The molecule has 2 atom stereocenters. The van der Waals surface area contributed by atoms with E-state index in [-0.39, 0.29) is 23.8 Å². The summed E-state index contributed by atoms with van der Waals surface area (Å²) in [5.74, 6) is -0.0935. The van der Waals surface area contributed by atoms with Crippen molar-refractivity contribution in [3.8, 4) is 0 Å². The predicted octanol–water partition coefficient (Wildman–Crippen LogP) is 1.87. The molecule has 1 aromatic rings. The molecule has 1 aromatic carbocycles. The number of hydrogen-bond donors (Lipinski definition) is 1. The van der Waals surface area contributed by atoms with Gasteiger partial charge >= 0.3 is 0 Å². The van der Waals surface area contributed by atoms with Gasteiger partial charge in [-0.25, -0.2) is 0 Å². The lowest BCUT2D eigenvalue weighted by Gasteiger charge is -2.30. The van der Waals surface area contributed by atoms with Crippen LogP contribution in [0.3, 0.4) is 0 Å². The third-order valence-corrected chi connectivity index (χ3v) is 3.87. The van der Waals surface area contributed by atoms with E-state index in [1.54, 1.807) is 0 Å². The Balaban J connectivity index is 2.15. The van der Waals surface area contributed by atoms with Crippen molar-refractivity contribution < 1.29 is 14.3 Å². The maximum absolute atomic E-state index is 12.7. The first-order valence-electron chi connectivity index (χ1n) is 7.96. The van der Waals surface area contributed by atoms with Gasteiger partial charge in [0.05, 0.1) is 18.7 Å². The largest absolute Gasteiger partial charge is 0.496 e. The first-order chi connectivity index (χ1) is 11.0. The van der Waals surface area contributed by atoms with Crippen LogP contribution >= 0.6 is 0 Å². The van der Waals surface area contributed by atoms with E-state index in [9.17, 15) is 9.59 Å². The predicted molar refractivity (Wildman–Crippen MR) is 88.3 cm³/mol. The summed E-state index contributed by atoms with van der Waals surface area (Å²) in [6.45, 7) is 6.23. The van der Waals surface area contributed by atoms with E-state index in [0.29, 0.717) is 18.8 Å². The van der Waals surface area contributed by atoms with Crippen molar-refractivity contribution in [2.45, 2.75) is 39.3 Å². The molecule has 2 rings (SSSR count). The topological polar surface area (TPSA) is 72.6 Å². The van der Waals surface area contributed by atoms with Crippen LogP contribution in [0.15, 0.2) is 42.2 Å². The molecule has 23 heavy (non-hydrogen) atoms. The quantitative estimate of drug-likeness (QED) is 0.869. The van der Waals surface area contributed by atoms with Crippen molar-refractivity contribution in [3.05, 3.63) is 47.7 Å². The number of nitrogens with zero attached hydrogens (tertiary/aromatic N) is 1. The normalized spacial score (nSPS) is 19.0. The molecule has 0 spiro atoms. The Labute approximate surface area is 137 Å². The van der Waals surface area contributed by atoms with Gasteiger partial charge in [0, 0.05) is 6.08 Å².